The highest BCUT2D eigenvalue weighted by Crippen LogP contribution is 2.34. The van der Waals surface area contributed by atoms with Gasteiger partial charge in [-0.1, -0.05) is 0 Å². The summed E-state index contributed by atoms with van der Waals surface area (Å²) in [6.07, 6.45) is 3.74. The minimum Gasteiger partial charge on any atom is -0.397 e. The average Bonchev–Trinajstić information content (AvgIpc) is 2.72. The third-order valence-corrected chi connectivity index (χ3v) is 4.92. The molecule has 2 aromatic rings. The van der Waals surface area contributed by atoms with Gasteiger partial charge in [-0.25, -0.2) is 4.98 Å². The van der Waals surface area contributed by atoms with Gasteiger partial charge in [0.25, 0.3) is 5.91 Å². The van der Waals surface area contributed by atoms with Gasteiger partial charge in [0.2, 0.25) is 0 Å². The molecule has 2 aromatic heterocycles. The number of thiophene rings is 1. The molecule has 106 valence electrons. The molecule has 0 atom stereocenters. The van der Waals surface area contributed by atoms with Crippen LogP contribution in [0.15, 0.2) is 12.3 Å². The number of aryl methyl sites for hydroxylation is 1. The highest BCUT2D eigenvalue weighted by molar-refractivity contribution is 7.21. The van der Waals surface area contributed by atoms with E-state index in [0.717, 1.165) is 28.6 Å². The molecule has 5 nitrogen and oxygen atoms in total. The van der Waals surface area contributed by atoms with Gasteiger partial charge in [0, 0.05) is 24.7 Å². The van der Waals surface area contributed by atoms with Gasteiger partial charge >= 0.3 is 0 Å². The van der Waals surface area contributed by atoms with Gasteiger partial charge in [0.05, 0.1) is 11.8 Å². The lowest BCUT2D eigenvalue weighted by Gasteiger charge is -2.34. The summed E-state index contributed by atoms with van der Waals surface area (Å²) >= 11 is 1.35. The van der Waals surface area contributed by atoms with Gasteiger partial charge in [-0.15, -0.1) is 11.3 Å². The Hall–Kier alpha value is -1.66. The molecule has 2 heterocycles. The number of carbonyl (C=O) groups is 1. The number of rotatable bonds is 3. The van der Waals surface area contributed by atoms with Crippen LogP contribution in [-0.2, 0) is 4.74 Å². The fourth-order valence-corrected chi connectivity index (χ4v) is 3.54. The summed E-state index contributed by atoms with van der Waals surface area (Å²) in [7, 11) is 1.70. The van der Waals surface area contributed by atoms with Crippen molar-refractivity contribution < 1.29 is 9.53 Å². The maximum atomic E-state index is 12.3. The first-order chi connectivity index (χ1) is 9.60. The Morgan fingerprint density at radius 1 is 1.55 bits per heavy atom. The molecular formula is C14H17N3O2S. The number of ether oxygens (including phenoxy) is 1. The number of hydrogen-bond acceptors (Lipinski definition) is 5. The zero-order valence-corrected chi connectivity index (χ0v) is 12.3. The molecule has 1 aliphatic rings. The van der Waals surface area contributed by atoms with Crippen LogP contribution >= 0.6 is 11.3 Å². The van der Waals surface area contributed by atoms with Gasteiger partial charge < -0.3 is 15.8 Å². The van der Waals surface area contributed by atoms with Crippen LogP contribution in [0.1, 0.15) is 28.1 Å². The molecule has 0 bridgehead atoms. The van der Waals surface area contributed by atoms with Crippen molar-refractivity contribution >= 4 is 33.1 Å². The van der Waals surface area contributed by atoms with E-state index in [1.807, 2.05) is 13.0 Å². The number of pyridine rings is 1. The van der Waals surface area contributed by atoms with E-state index >= 15 is 0 Å². The number of methoxy groups -OCH3 is 1. The summed E-state index contributed by atoms with van der Waals surface area (Å²) in [4.78, 5) is 18.0. The molecule has 1 amide bonds. The van der Waals surface area contributed by atoms with Gasteiger partial charge in [0.15, 0.2) is 0 Å². The maximum Gasteiger partial charge on any atom is 0.263 e. The van der Waals surface area contributed by atoms with Crippen molar-refractivity contribution in [2.45, 2.75) is 31.9 Å². The standard InChI is InChI=1S/C14H17N3O2S/c1-7-3-4-16-14-10(7)11(15)12(20-14)13(18)17-8-5-9(6-8)19-2/h3-4,8-9H,5-6,15H2,1-2H3,(H,17,18). The summed E-state index contributed by atoms with van der Waals surface area (Å²) in [5, 5.41) is 3.90. The molecule has 6 heteroatoms. The zero-order valence-electron chi connectivity index (χ0n) is 11.5. The fraction of sp³-hybridized carbons (Fsp3) is 0.429. The highest BCUT2D eigenvalue weighted by atomic mass is 32.1. The number of carbonyl (C=O) groups excluding carboxylic acids is 1. The lowest BCUT2D eigenvalue weighted by molar-refractivity contribution is 0.0177. The Labute approximate surface area is 121 Å². The van der Waals surface area contributed by atoms with Gasteiger partial charge in [-0.05, 0) is 31.4 Å². The average molecular weight is 291 g/mol. The predicted octanol–water partition coefficient (Wildman–Crippen LogP) is 2.09. The second-order valence-electron chi connectivity index (χ2n) is 5.15. The monoisotopic (exact) mass is 291 g/mol. The van der Waals surface area contributed by atoms with Crippen LogP contribution in [-0.4, -0.2) is 30.1 Å². The Morgan fingerprint density at radius 3 is 2.95 bits per heavy atom. The quantitative estimate of drug-likeness (QED) is 0.908. The number of amides is 1. The van der Waals surface area contributed by atoms with Crippen LogP contribution in [0.4, 0.5) is 5.69 Å². The summed E-state index contributed by atoms with van der Waals surface area (Å²) in [6, 6.07) is 2.09. The molecule has 0 aliphatic heterocycles. The van der Waals surface area contributed by atoms with E-state index in [1.165, 1.54) is 11.3 Å². The highest BCUT2D eigenvalue weighted by Gasteiger charge is 2.31. The molecule has 0 unspecified atom stereocenters. The number of nitrogens with one attached hydrogen (secondary N) is 1. The van der Waals surface area contributed by atoms with E-state index in [4.69, 9.17) is 10.5 Å². The van der Waals surface area contributed by atoms with Crippen LogP contribution in [0.25, 0.3) is 10.2 Å². The Morgan fingerprint density at radius 2 is 2.30 bits per heavy atom. The lowest BCUT2D eigenvalue weighted by Crippen LogP contribution is -2.47. The van der Waals surface area contributed by atoms with Gasteiger partial charge in [-0.3, -0.25) is 4.79 Å². The Bertz CT molecular complexity index is 662. The Balaban J connectivity index is 1.82. The number of nitrogens with zero attached hydrogens (tertiary/aromatic N) is 1. The topological polar surface area (TPSA) is 77.2 Å². The number of fused-ring (bicyclic) bond motifs is 1. The summed E-state index contributed by atoms with van der Waals surface area (Å²) in [5.41, 5.74) is 7.70. The normalized spacial score (nSPS) is 21.7. The minimum absolute atomic E-state index is 0.107. The van der Waals surface area contributed by atoms with Crippen LogP contribution in [0, 0.1) is 6.92 Å². The second-order valence-corrected chi connectivity index (χ2v) is 6.15. The summed E-state index contributed by atoms with van der Waals surface area (Å²) in [5.74, 6) is -0.107. The van der Waals surface area contributed by atoms with Crippen molar-refractivity contribution in [3.8, 4) is 0 Å². The minimum atomic E-state index is -0.107. The van der Waals surface area contributed by atoms with Crippen molar-refractivity contribution in [3.63, 3.8) is 0 Å². The van der Waals surface area contributed by atoms with E-state index in [-0.39, 0.29) is 18.1 Å². The van der Waals surface area contributed by atoms with E-state index in [2.05, 4.69) is 10.3 Å². The summed E-state index contributed by atoms with van der Waals surface area (Å²) in [6.45, 7) is 1.98. The van der Waals surface area contributed by atoms with Crippen LogP contribution < -0.4 is 11.1 Å². The van der Waals surface area contributed by atoms with Crippen LogP contribution in [0.2, 0.25) is 0 Å². The molecular weight excluding hydrogens is 274 g/mol. The molecule has 3 rings (SSSR count). The molecule has 1 fully saturated rings. The fourth-order valence-electron chi connectivity index (χ4n) is 2.50. The molecule has 20 heavy (non-hydrogen) atoms. The van der Waals surface area contributed by atoms with Crippen LogP contribution in [0.3, 0.4) is 0 Å². The number of nitrogen functional groups attached to an aromatic ring is 1. The number of anilines is 1. The molecule has 0 aromatic carbocycles. The Kier molecular flexibility index (Phi) is 3.35. The van der Waals surface area contributed by atoms with E-state index in [0.29, 0.717) is 10.6 Å². The molecule has 0 radical (unpaired) electrons. The van der Waals surface area contributed by atoms with Crippen molar-refractivity contribution in [1.82, 2.24) is 10.3 Å². The SMILES string of the molecule is COC1CC(NC(=O)c2sc3nccc(C)c3c2N)C1. The van der Waals surface area contributed by atoms with Crippen molar-refractivity contribution in [1.29, 1.82) is 0 Å². The zero-order chi connectivity index (χ0) is 14.3. The number of aromatic nitrogens is 1. The third kappa shape index (κ3) is 2.14. The molecule has 1 aliphatic carbocycles. The van der Waals surface area contributed by atoms with E-state index in [9.17, 15) is 4.79 Å². The maximum absolute atomic E-state index is 12.3. The smallest absolute Gasteiger partial charge is 0.263 e. The third-order valence-electron chi connectivity index (χ3n) is 3.81. The lowest BCUT2D eigenvalue weighted by atomic mass is 9.89. The first-order valence-corrected chi connectivity index (χ1v) is 7.39. The number of hydrogen-bond donors (Lipinski definition) is 2. The van der Waals surface area contributed by atoms with Crippen molar-refractivity contribution in [2.75, 3.05) is 12.8 Å². The number of nitrogens with two attached hydrogens (primary N) is 1. The van der Waals surface area contributed by atoms with Crippen molar-refractivity contribution in [2.24, 2.45) is 0 Å². The summed E-state index contributed by atoms with van der Waals surface area (Å²) < 4.78 is 5.21. The van der Waals surface area contributed by atoms with Gasteiger partial charge in [-0.2, -0.15) is 0 Å². The molecule has 1 saturated carbocycles. The van der Waals surface area contributed by atoms with E-state index in [1.54, 1.807) is 13.3 Å². The van der Waals surface area contributed by atoms with Crippen molar-refractivity contribution in [3.05, 3.63) is 22.7 Å². The van der Waals surface area contributed by atoms with Crippen LogP contribution in [0.5, 0.6) is 0 Å². The largest absolute Gasteiger partial charge is 0.397 e. The molecule has 0 saturated heterocycles. The predicted molar refractivity (Wildman–Crippen MR) is 80.1 cm³/mol. The second kappa shape index (κ2) is 5.03. The molecule has 0 spiro atoms. The molecule has 3 N–H and O–H groups in total. The first-order valence-electron chi connectivity index (χ1n) is 6.57. The first kappa shape index (κ1) is 13.3. The van der Waals surface area contributed by atoms with E-state index < -0.39 is 0 Å². The van der Waals surface area contributed by atoms with Gasteiger partial charge in [0.1, 0.15) is 9.71 Å².